The van der Waals surface area contributed by atoms with E-state index in [0.29, 0.717) is 0 Å². The molecule has 0 spiro atoms. The molecule has 120 valence electrons. The van der Waals surface area contributed by atoms with Gasteiger partial charge < -0.3 is 9.73 Å². The van der Waals surface area contributed by atoms with E-state index in [2.05, 4.69) is 25.3 Å². The van der Waals surface area contributed by atoms with Crippen LogP contribution in [0.1, 0.15) is 24.6 Å². The summed E-state index contributed by atoms with van der Waals surface area (Å²) in [6.07, 6.45) is 7.61. The summed E-state index contributed by atoms with van der Waals surface area (Å²) in [5.41, 5.74) is 0.832. The summed E-state index contributed by atoms with van der Waals surface area (Å²) in [6.45, 7) is 2.97. The number of hydrogen-bond acceptors (Lipinski definition) is 6. The van der Waals surface area contributed by atoms with Gasteiger partial charge in [0.2, 0.25) is 0 Å². The van der Waals surface area contributed by atoms with Crippen LogP contribution in [0.3, 0.4) is 0 Å². The first kappa shape index (κ1) is 14.2. The van der Waals surface area contributed by atoms with Gasteiger partial charge in [0.05, 0.1) is 23.9 Å². The van der Waals surface area contributed by atoms with Crippen molar-refractivity contribution in [1.29, 1.82) is 0 Å². The Kier molecular flexibility index (Phi) is 3.70. The van der Waals surface area contributed by atoms with Gasteiger partial charge in [-0.05, 0) is 38.1 Å². The van der Waals surface area contributed by atoms with Crippen molar-refractivity contribution in [2.45, 2.75) is 18.9 Å². The Labute approximate surface area is 134 Å². The second-order valence-electron chi connectivity index (χ2n) is 5.88. The van der Waals surface area contributed by atoms with E-state index in [9.17, 15) is 0 Å². The van der Waals surface area contributed by atoms with Gasteiger partial charge in [-0.3, -0.25) is 9.58 Å². The summed E-state index contributed by atoms with van der Waals surface area (Å²) < 4.78 is 7.41. The highest BCUT2D eigenvalue weighted by molar-refractivity contribution is 5.85. The Hall–Kier alpha value is -2.41. The third-order valence-corrected chi connectivity index (χ3v) is 4.45. The summed E-state index contributed by atoms with van der Waals surface area (Å²) in [7, 11) is 1.88. The lowest BCUT2D eigenvalue weighted by molar-refractivity contribution is 0.225. The van der Waals surface area contributed by atoms with Gasteiger partial charge >= 0.3 is 0 Å². The number of fused-ring (bicyclic) bond motifs is 1. The highest BCUT2D eigenvalue weighted by Crippen LogP contribution is 2.27. The molecule has 0 radical (unpaired) electrons. The maximum atomic E-state index is 5.66. The molecule has 4 heterocycles. The van der Waals surface area contributed by atoms with Crippen molar-refractivity contribution in [2.75, 3.05) is 25.0 Å². The van der Waals surface area contributed by atoms with Crippen molar-refractivity contribution in [3.8, 4) is 0 Å². The molecular formula is C16H20N6O. The molecule has 7 nitrogen and oxygen atoms in total. The van der Waals surface area contributed by atoms with Crippen LogP contribution in [-0.4, -0.2) is 44.3 Å². The van der Waals surface area contributed by atoms with Crippen LogP contribution in [0.4, 0.5) is 5.82 Å². The smallest absolute Gasteiger partial charge is 0.163 e. The van der Waals surface area contributed by atoms with Gasteiger partial charge in [0.1, 0.15) is 17.9 Å². The second kappa shape index (κ2) is 6.00. The normalized spacial score (nSPS) is 16.9. The molecule has 1 atom stereocenters. The number of nitrogens with zero attached hydrogens (tertiary/aromatic N) is 5. The van der Waals surface area contributed by atoms with Crippen molar-refractivity contribution in [2.24, 2.45) is 7.05 Å². The Balaban J connectivity index is 1.57. The Morgan fingerprint density at radius 1 is 1.30 bits per heavy atom. The molecular weight excluding hydrogens is 292 g/mol. The highest BCUT2D eigenvalue weighted by atomic mass is 16.3. The van der Waals surface area contributed by atoms with Gasteiger partial charge in [0.15, 0.2) is 5.65 Å². The van der Waals surface area contributed by atoms with E-state index in [-0.39, 0.29) is 6.04 Å². The monoisotopic (exact) mass is 312 g/mol. The first-order valence-corrected chi connectivity index (χ1v) is 7.97. The number of hydrogen-bond donors (Lipinski definition) is 1. The minimum atomic E-state index is 0.217. The van der Waals surface area contributed by atoms with Gasteiger partial charge in [0, 0.05) is 13.6 Å². The van der Waals surface area contributed by atoms with Crippen LogP contribution in [0.15, 0.2) is 35.3 Å². The predicted molar refractivity (Wildman–Crippen MR) is 87.0 cm³/mol. The van der Waals surface area contributed by atoms with E-state index in [1.54, 1.807) is 23.5 Å². The summed E-state index contributed by atoms with van der Waals surface area (Å²) >= 11 is 0. The maximum absolute atomic E-state index is 5.66. The van der Waals surface area contributed by atoms with E-state index >= 15 is 0 Å². The summed E-state index contributed by atoms with van der Waals surface area (Å²) in [4.78, 5) is 11.1. The molecule has 1 saturated heterocycles. The van der Waals surface area contributed by atoms with Gasteiger partial charge in [-0.25, -0.2) is 9.97 Å². The molecule has 1 aliphatic heterocycles. The first-order chi connectivity index (χ1) is 11.3. The Bertz CT molecular complexity index is 775. The third kappa shape index (κ3) is 2.68. The van der Waals surface area contributed by atoms with E-state index in [1.807, 2.05) is 19.2 Å². The Morgan fingerprint density at radius 2 is 2.17 bits per heavy atom. The van der Waals surface area contributed by atoms with Gasteiger partial charge in [-0.2, -0.15) is 5.10 Å². The van der Waals surface area contributed by atoms with Crippen molar-refractivity contribution in [3.63, 3.8) is 0 Å². The van der Waals surface area contributed by atoms with Crippen LogP contribution in [0.2, 0.25) is 0 Å². The zero-order valence-corrected chi connectivity index (χ0v) is 13.1. The standard InChI is InChI=1S/C16H20N6O/c1-21-16-12(9-20-21)15(18-11-19-16)17-10-13(14-5-4-8-23-14)22-6-2-3-7-22/h4-5,8-9,11,13H,2-3,6-7,10H2,1H3,(H,17,18,19)/t13-/m1/s1. The van der Waals surface area contributed by atoms with Crippen molar-refractivity contribution >= 4 is 16.9 Å². The summed E-state index contributed by atoms with van der Waals surface area (Å²) in [6, 6.07) is 4.21. The fraction of sp³-hybridized carbons (Fsp3) is 0.438. The fourth-order valence-corrected chi connectivity index (χ4v) is 3.24. The lowest BCUT2D eigenvalue weighted by Gasteiger charge is -2.26. The van der Waals surface area contributed by atoms with Gasteiger partial charge in [-0.15, -0.1) is 0 Å². The molecule has 0 bridgehead atoms. The number of anilines is 1. The molecule has 0 amide bonds. The zero-order valence-electron chi connectivity index (χ0n) is 13.1. The van der Waals surface area contributed by atoms with Crippen molar-refractivity contribution in [1.82, 2.24) is 24.6 Å². The SMILES string of the molecule is Cn1ncc2c(NC[C@H](c3ccco3)N3CCCC3)ncnc21. The van der Waals surface area contributed by atoms with Crippen LogP contribution >= 0.6 is 0 Å². The molecule has 0 saturated carbocycles. The number of likely N-dealkylation sites (tertiary alicyclic amines) is 1. The summed E-state index contributed by atoms with van der Waals surface area (Å²) in [5.74, 6) is 1.81. The molecule has 0 aliphatic carbocycles. The predicted octanol–water partition coefficient (Wildman–Crippen LogP) is 2.21. The van der Waals surface area contributed by atoms with Crippen molar-refractivity contribution in [3.05, 3.63) is 36.7 Å². The van der Waals surface area contributed by atoms with Crippen molar-refractivity contribution < 1.29 is 4.42 Å². The van der Waals surface area contributed by atoms with Crippen LogP contribution < -0.4 is 5.32 Å². The lowest BCUT2D eigenvalue weighted by Crippen LogP contribution is -2.30. The largest absolute Gasteiger partial charge is 0.468 e. The molecule has 3 aromatic heterocycles. The van der Waals surface area contributed by atoms with Gasteiger partial charge in [-0.1, -0.05) is 0 Å². The molecule has 0 unspecified atom stereocenters. The minimum absolute atomic E-state index is 0.217. The highest BCUT2D eigenvalue weighted by Gasteiger charge is 2.25. The Morgan fingerprint density at radius 3 is 2.96 bits per heavy atom. The van der Waals surface area contributed by atoms with Crippen LogP contribution in [0.5, 0.6) is 0 Å². The molecule has 3 aromatic rings. The fourth-order valence-electron chi connectivity index (χ4n) is 3.24. The molecule has 0 aromatic carbocycles. The average Bonchev–Trinajstić information content (AvgIpc) is 3.31. The molecule has 7 heteroatoms. The van der Waals surface area contributed by atoms with E-state index in [0.717, 1.165) is 42.2 Å². The van der Waals surface area contributed by atoms with E-state index < -0.39 is 0 Å². The lowest BCUT2D eigenvalue weighted by atomic mass is 10.2. The molecule has 1 N–H and O–H groups in total. The maximum Gasteiger partial charge on any atom is 0.163 e. The number of furan rings is 1. The number of nitrogens with one attached hydrogen (secondary N) is 1. The van der Waals surface area contributed by atoms with Crippen LogP contribution in [-0.2, 0) is 7.05 Å². The second-order valence-corrected chi connectivity index (χ2v) is 5.88. The first-order valence-electron chi connectivity index (χ1n) is 7.97. The zero-order chi connectivity index (χ0) is 15.6. The number of aromatic nitrogens is 4. The third-order valence-electron chi connectivity index (χ3n) is 4.45. The van der Waals surface area contributed by atoms with E-state index in [4.69, 9.17) is 4.42 Å². The number of aryl methyl sites for hydroxylation is 1. The van der Waals surface area contributed by atoms with Crippen LogP contribution in [0.25, 0.3) is 11.0 Å². The molecule has 1 aliphatic rings. The van der Waals surface area contributed by atoms with Gasteiger partial charge in [0.25, 0.3) is 0 Å². The molecule has 23 heavy (non-hydrogen) atoms. The molecule has 4 rings (SSSR count). The minimum Gasteiger partial charge on any atom is -0.468 e. The number of rotatable bonds is 5. The average molecular weight is 312 g/mol. The summed E-state index contributed by atoms with van der Waals surface area (Å²) in [5, 5.41) is 8.66. The quantitative estimate of drug-likeness (QED) is 0.779. The molecule has 1 fully saturated rings. The van der Waals surface area contributed by atoms with Crippen LogP contribution in [0, 0.1) is 0 Å². The van der Waals surface area contributed by atoms with E-state index in [1.165, 1.54) is 12.8 Å². The topological polar surface area (TPSA) is 72.0 Å².